The molecule has 0 aromatic carbocycles. The number of rotatable bonds is 5. The number of nitrogens with zero attached hydrogens (tertiary/aromatic N) is 6. The maximum absolute atomic E-state index is 12.1. The molecular formula is C22H26N6O. The summed E-state index contributed by atoms with van der Waals surface area (Å²) in [6, 6.07) is 7.86. The Morgan fingerprint density at radius 3 is 2.79 bits per heavy atom. The highest BCUT2D eigenvalue weighted by atomic mass is 16.2. The van der Waals surface area contributed by atoms with Gasteiger partial charge in [0.1, 0.15) is 11.6 Å². The second-order valence-corrected chi connectivity index (χ2v) is 7.66. The minimum atomic E-state index is -0.0296. The van der Waals surface area contributed by atoms with E-state index in [9.17, 15) is 4.79 Å². The third kappa shape index (κ3) is 4.29. The number of hydrogen-bond acceptors (Lipinski definition) is 5. The predicted molar refractivity (Wildman–Crippen MR) is 112 cm³/mol. The Balaban J connectivity index is 1.48. The lowest BCUT2D eigenvalue weighted by molar-refractivity contribution is 0.0827. The van der Waals surface area contributed by atoms with Crippen molar-refractivity contribution in [2.24, 2.45) is 0 Å². The lowest BCUT2D eigenvalue weighted by atomic mass is 9.97. The van der Waals surface area contributed by atoms with Crippen molar-refractivity contribution in [3.8, 4) is 0 Å². The smallest absolute Gasteiger partial charge is 0.254 e. The molecule has 29 heavy (non-hydrogen) atoms. The average Bonchev–Trinajstić information content (AvgIpc) is 3.22. The van der Waals surface area contributed by atoms with Gasteiger partial charge in [-0.1, -0.05) is 6.07 Å². The second kappa shape index (κ2) is 8.43. The Morgan fingerprint density at radius 2 is 2.07 bits per heavy atom. The topological polar surface area (TPSA) is 67.2 Å². The Labute approximate surface area is 171 Å². The van der Waals surface area contributed by atoms with Gasteiger partial charge in [0.25, 0.3) is 5.91 Å². The number of carbonyl (C=O) groups excluding carboxylic acids is 1. The maximum atomic E-state index is 12.1. The summed E-state index contributed by atoms with van der Waals surface area (Å²) >= 11 is 0. The van der Waals surface area contributed by atoms with Crippen molar-refractivity contribution in [3.05, 3.63) is 72.2 Å². The van der Waals surface area contributed by atoms with Gasteiger partial charge in [-0.05, 0) is 36.6 Å². The van der Waals surface area contributed by atoms with Crippen molar-refractivity contribution in [3.63, 3.8) is 0 Å². The summed E-state index contributed by atoms with van der Waals surface area (Å²) in [6.45, 7) is 2.62. The molecule has 1 atom stereocenters. The van der Waals surface area contributed by atoms with Crippen LogP contribution in [0.5, 0.6) is 0 Å². The van der Waals surface area contributed by atoms with Crippen molar-refractivity contribution in [2.75, 3.05) is 32.1 Å². The first-order valence-corrected chi connectivity index (χ1v) is 9.94. The van der Waals surface area contributed by atoms with E-state index in [2.05, 4.69) is 30.5 Å². The van der Waals surface area contributed by atoms with E-state index in [-0.39, 0.29) is 5.91 Å². The van der Waals surface area contributed by atoms with Gasteiger partial charge in [0, 0.05) is 64.1 Å². The van der Waals surface area contributed by atoms with Gasteiger partial charge in [-0.15, -0.1) is 0 Å². The Kier molecular flexibility index (Phi) is 5.55. The molecule has 3 aromatic rings. The monoisotopic (exact) mass is 390 g/mol. The number of piperidine rings is 1. The molecule has 4 rings (SSSR count). The van der Waals surface area contributed by atoms with Gasteiger partial charge in [0.2, 0.25) is 0 Å². The first kappa shape index (κ1) is 19.1. The summed E-state index contributed by atoms with van der Waals surface area (Å²) in [5.74, 6) is 2.34. The Bertz CT molecular complexity index is 951. The van der Waals surface area contributed by atoms with E-state index >= 15 is 0 Å². The summed E-state index contributed by atoms with van der Waals surface area (Å²) in [5, 5.41) is 0. The van der Waals surface area contributed by atoms with E-state index in [1.807, 2.05) is 36.8 Å². The number of amides is 1. The highest BCUT2D eigenvalue weighted by Gasteiger charge is 2.25. The molecule has 0 aliphatic carbocycles. The van der Waals surface area contributed by atoms with Gasteiger partial charge in [0.05, 0.1) is 12.1 Å². The van der Waals surface area contributed by atoms with Crippen molar-refractivity contribution in [2.45, 2.75) is 25.3 Å². The molecule has 0 unspecified atom stereocenters. The van der Waals surface area contributed by atoms with Gasteiger partial charge in [-0.2, -0.15) is 0 Å². The molecule has 3 aromatic heterocycles. The molecule has 0 bridgehead atoms. The van der Waals surface area contributed by atoms with E-state index in [1.54, 1.807) is 31.4 Å². The second-order valence-electron chi connectivity index (χ2n) is 7.66. The number of imidazole rings is 1. The average molecular weight is 390 g/mol. The van der Waals surface area contributed by atoms with E-state index in [0.717, 1.165) is 44.1 Å². The molecule has 1 amide bonds. The quantitative estimate of drug-likeness (QED) is 0.670. The molecule has 1 fully saturated rings. The van der Waals surface area contributed by atoms with E-state index in [0.29, 0.717) is 11.5 Å². The minimum absolute atomic E-state index is 0.0296. The molecule has 4 heterocycles. The number of anilines is 1. The summed E-state index contributed by atoms with van der Waals surface area (Å²) in [6.07, 6.45) is 11.5. The zero-order valence-electron chi connectivity index (χ0n) is 16.9. The fourth-order valence-corrected chi connectivity index (χ4v) is 3.86. The zero-order chi connectivity index (χ0) is 20.2. The molecule has 0 N–H and O–H groups in total. The molecule has 0 saturated carbocycles. The fourth-order valence-electron chi connectivity index (χ4n) is 3.86. The van der Waals surface area contributed by atoms with Crippen molar-refractivity contribution in [1.29, 1.82) is 0 Å². The maximum Gasteiger partial charge on any atom is 0.254 e. The molecular weight excluding hydrogens is 364 g/mol. The summed E-state index contributed by atoms with van der Waals surface area (Å²) in [7, 11) is 3.50. The molecule has 0 radical (unpaired) electrons. The predicted octanol–water partition coefficient (Wildman–Crippen LogP) is 2.81. The summed E-state index contributed by atoms with van der Waals surface area (Å²) in [5.41, 5.74) is 1.78. The SMILES string of the molecule is CN(C)C(=O)c1ccc(N2CCC[C@H](c3nccn3Cc3cccnc3)C2)nc1. The first-order chi connectivity index (χ1) is 14.1. The number of carbonyl (C=O) groups is 1. The highest BCUT2D eigenvalue weighted by molar-refractivity contribution is 5.93. The van der Waals surface area contributed by atoms with E-state index < -0.39 is 0 Å². The van der Waals surface area contributed by atoms with Crippen LogP contribution in [0.4, 0.5) is 5.82 Å². The number of pyridine rings is 2. The Hall–Kier alpha value is -3.22. The standard InChI is InChI=1S/C22H26N6O/c1-26(2)22(29)18-7-8-20(25-14-18)27-11-4-6-19(16-27)21-24-10-12-28(21)15-17-5-3-9-23-13-17/h3,5,7-10,12-14,19H,4,6,11,15-16H2,1-2H3/t19-/m0/s1. The molecule has 150 valence electrons. The van der Waals surface area contributed by atoms with Crippen LogP contribution in [-0.2, 0) is 6.54 Å². The van der Waals surface area contributed by atoms with Crippen LogP contribution >= 0.6 is 0 Å². The van der Waals surface area contributed by atoms with Crippen LogP contribution in [0.2, 0.25) is 0 Å². The van der Waals surface area contributed by atoms with Gasteiger partial charge in [-0.3, -0.25) is 9.78 Å². The normalized spacial score (nSPS) is 16.6. The van der Waals surface area contributed by atoms with Crippen LogP contribution in [0.1, 0.15) is 40.5 Å². The molecule has 7 heteroatoms. The molecule has 1 aliphatic heterocycles. The van der Waals surface area contributed by atoms with Crippen LogP contribution in [-0.4, -0.2) is 57.5 Å². The van der Waals surface area contributed by atoms with Crippen LogP contribution in [0.25, 0.3) is 0 Å². The molecule has 7 nitrogen and oxygen atoms in total. The van der Waals surface area contributed by atoms with Crippen LogP contribution in [0.15, 0.2) is 55.2 Å². The third-order valence-electron chi connectivity index (χ3n) is 5.33. The first-order valence-electron chi connectivity index (χ1n) is 9.94. The van der Waals surface area contributed by atoms with Crippen molar-refractivity contribution < 1.29 is 4.79 Å². The summed E-state index contributed by atoms with van der Waals surface area (Å²) in [4.78, 5) is 29.4. The van der Waals surface area contributed by atoms with Gasteiger partial charge < -0.3 is 14.4 Å². The fraction of sp³-hybridized carbons (Fsp3) is 0.364. The number of aromatic nitrogens is 4. The van der Waals surface area contributed by atoms with Crippen LogP contribution in [0.3, 0.4) is 0 Å². The molecule has 0 spiro atoms. The van der Waals surface area contributed by atoms with E-state index in [4.69, 9.17) is 0 Å². The number of hydrogen-bond donors (Lipinski definition) is 0. The van der Waals surface area contributed by atoms with Crippen LogP contribution in [0, 0.1) is 0 Å². The Morgan fingerprint density at radius 1 is 1.17 bits per heavy atom. The highest BCUT2D eigenvalue weighted by Crippen LogP contribution is 2.28. The van der Waals surface area contributed by atoms with Crippen molar-refractivity contribution in [1.82, 2.24) is 24.4 Å². The largest absolute Gasteiger partial charge is 0.356 e. The lowest BCUT2D eigenvalue weighted by Gasteiger charge is -2.33. The molecule has 1 aliphatic rings. The lowest BCUT2D eigenvalue weighted by Crippen LogP contribution is -2.36. The summed E-state index contributed by atoms with van der Waals surface area (Å²) < 4.78 is 2.22. The van der Waals surface area contributed by atoms with Crippen molar-refractivity contribution >= 4 is 11.7 Å². The van der Waals surface area contributed by atoms with Gasteiger partial charge in [0.15, 0.2) is 0 Å². The van der Waals surface area contributed by atoms with Gasteiger partial charge in [-0.25, -0.2) is 9.97 Å². The minimum Gasteiger partial charge on any atom is -0.356 e. The van der Waals surface area contributed by atoms with Gasteiger partial charge >= 0.3 is 0 Å². The zero-order valence-corrected chi connectivity index (χ0v) is 16.9. The molecule has 1 saturated heterocycles. The van der Waals surface area contributed by atoms with Crippen LogP contribution < -0.4 is 4.90 Å². The van der Waals surface area contributed by atoms with E-state index in [1.165, 1.54) is 5.56 Å². The third-order valence-corrected chi connectivity index (χ3v) is 5.33.